The fourth-order valence-electron chi connectivity index (χ4n) is 1.38. The maximum Gasteiger partial charge on any atom is 0.333 e. The van der Waals surface area contributed by atoms with Crippen molar-refractivity contribution in [2.24, 2.45) is 0 Å². The molecule has 1 unspecified atom stereocenters. The van der Waals surface area contributed by atoms with Crippen LogP contribution in [0.15, 0.2) is 23.9 Å². The topological polar surface area (TPSA) is 110 Å². The predicted molar refractivity (Wildman–Crippen MR) is 53.0 cm³/mol. The first-order valence-electron chi connectivity index (χ1n) is 4.43. The average Bonchev–Trinajstić information content (AvgIpc) is 2.17. The van der Waals surface area contributed by atoms with Crippen molar-refractivity contribution in [3.63, 3.8) is 0 Å². The molecule has 2 N–H and O–H groups in total. The molecule has 1 atom stereocenters. The van der Waals surface area contributed by atoms with Crippen molar-refractivity contribution in [2.45, 2.75) is 18.9 Å². The summed E-state index contributed by atoms with van der Waals surface area (Å²) in [6.45, 7) is 1.19. The van der Waals surface area contributed by atoms with Crippen LogP contribution in [0.5, 0.6) is 0 Å². The molecular weight excluding hydrogens is 216 g/mol. The molecule has 0 radical (unpaired) electrons. The van der Waals surface area contributed by atoms with E-state index in [4.69, 9.17) is 5.11 Å². The number of hydrogen-bond acceptors (Lipinski definition) is 4. The van der Waals surface area contributed by atoms with Crippen LogP contribution in [0.25, 0.3) is 0 Å². The molecule has 1 aliphatic carbocycles. The number of carbonyl (C=O) groups is 2. The zero-order chi connectivity index (χ0) is 12.3. The van der Waals surface area contributed by atoms with Crippen LogP contribution in [0.3, 0.4) is 0 Å². The average molecular weight is 226 g/mol. The van der Waals surface area contributed by atoms with E-state index in [2.05, 4.69) is 5.32 Å². The Morgan fingerprint density at radius 2 is 2.25 bits per heavy atom. The van der Waals surface area contributed by atoms with Crippen molar-refractivity contribution in [1.82, 2.24) is 5.32 Å². The number of allylic oxidation sites excluding steroid dienone is 1. The number of nitrogens with zero attached hydrogens (tertiary/aromatic N) is 1. The highest BCUT2D eigenvalue weighted by Crippen LogP contribution is 2.21. The van der Waals surface area contributed by atoms with Gasteiger partial charge < -0.3 is 10.4 Å². The van der Waals surface area contributed by atoms with Gasteiger partial charge in [-0.2, -0.15) is 0 Å². The Morgan fingerprint density at radius 3 is 2.56 bits per heavy atom. The normalized spacial score (nSPS) is 23.4. The van der Waals surface area contributed by atoms with Gasteiger partial charge in [-0.05, 0) is 12.2 Å². The van der Waals surface area contributed by atoms with Crippen molar-refractivity contribution in [3.8, 4) is 0 Å². The van der Waals surface area contributed by atoms with Gasteiger partial charge in [0.2, 0.25) is 5.91 Å². The summed E-state index contributed by atoms with van der Waals surface area (Å²) in [4.78, 5) is 31.7. The van der Waals surface area contributed by atoms with Crippen molar-refractivity contribution in [1.29, 1.82) is 0 Å². The lowest BCUT2D eigenvalue weighted by Crippen LogP contribution is -2.53. The molecule has 1 rings (SSSR count). The van der Waals surface area contributed by atoms with E-state index in [1.165, 1.54) is 13.0 Å². The lowest BCUT2D eigenvalue weighted by Gasteiger charge is -2.26. The second-order valence-corrected chi connectivity index (χ2v) is 3.38. The standard InChI is InChI=1S/C9H10N2O5/c1-6(12)10-9(8(13)14)4-2-7(3-5-9)11(15)16/h2-4H,5H2,1H3,(H,10,12)(H,13,14). The summed E-state index contributed by atoms with van der Waals surface area (Å²) in [5.41, 5.74) is -1.76. The minimum atomic E-state index is -1.58. The molecule has 0 aliphatic heterocycles. The van der Waals surface area contributed by atoms with Crippen LogP contribution < -0.4 is 5.32 Å². The Morgan fingerprint density at radius 1 is 1.62 bits per heavy atom. The summed E-state index contributed by atoms with van der Waals surface area (Å²) >= 11 is 0. The number of carboxylic acids is 1. The Balaban J connectivity index is 2.96. The molecule has 0 bridgehead atoms. The maximum absolute atomic E-state index is 11.0. The molecule has 7 nitrogen and oxygen atoms in total. The number of nitrogens with one attached hydrogen (secondary N) is 1. The van der Waals surface area contributed by atoms with Crippen LogP contribution in [0.1, 0.15) is 13.3 Å². The Bertz CT molecular complexity index is 412. The Kier molecular flexibility index (Phi) is 3.07. The third-order valence-corrected chi connectivity index (χ3v) is 2.16. The highest BCUT2D eigenvalue weighted by atomic mass is 16.6. The van der Waals surface area contributed by atoms with Crippen LogP contribution >= 0.6 is 0 Å². The van der Waals surface area contributed by atoms with Gasteiger partial charge in [-0.15, -0.1) is 0 Å². The van der Waals surface area contributed by atoms with Crippen molar-refractivity contribution >= 4 is 11.9 Å². The number of carboxylic acid groups (broad SMARTS) is 1. The smallest absolute Gasteiger partial charge is 0.333 e. The van der Waals surface area contributed by atoms with Gasteiger partial charge in [-0.3, -0.25) is 14.9 Å². The van der Waals surface area contributed by atoms with Crippen molar-refractivity contribution in [2.75, 3.05) is 0 Å². The number of aliphatic carboxylic acids is 1. The maximum atomic E-state index is 11.0. The van der Waals surface area contributed by atoms with Gasteiger partial charge in [0.1, 0.15) is 0 Å². The van der Waals surface area contributed by atoms with Crippen molar-refractivity contribution in [3.05, 3.63) is 34.0 Å². The first-order valence-corrected chi connectivity index (χ1v) is 4.43. The molecule has 0 saturated carbocycles. The zero-order valence-electron chi connectivity index (χ0n) is 8.47. The lowest BCUT2D eigenvalue weighted by atomic mass is 9.90. The fraction of sp³-hybridized carbons (Fsp3) is 0.333. The molecule has 16 heavy (non-hydrogen) atoms. The lowest BCUT2D eigenvalue weighted by molar-refractivity contribution is -0.419. The third-order valence-electron chi connectivity index (χ3n) is 2.16. The van der Waals surface area contributed by atoms with Crippen LogP contribution in [0, 0.1) is 10.1 Å². The quantitative estimate of drug-likeness (QED) is 0.522. The summed E-state index contributed by atoms with van der Waals surface area (Å²) < 4.78 is 0. The van der Waals surface area contributed by atoms with Gasteiger partial charge in [0.25, 0.3) is 5.70 Å². The van der Waals surface area contributed by atoms with Crippen molar-refractivity contribution < 1.29 is 19.6 Å². The van der Waals surface area contributed by atoms with E-state index in [0.29, 0.717) is 0 Å². The van der Waals surface area contributed by atoms with E-state index in [1.807, 2.05) is 0 Å². The molecule has 0 spiro atoms. The molecule has 0 aromatic heterocycles. The molecule has 1 aliphatic rings. The minimum absolute atomic E-state index is 0.144. The number of amides is 1. The number of rotatable bonds is 3. The molecule has 1 amide bonds. The molecular formula is C9H10N2O5. The van der Waals surface area contributed by atoms with E-state index in [9.17, 15) is 19.7 Å². The van der Waals surface area contributed by atoms with E-state index in [1.54, 1.807) is 0 Å². The van der Waals surface area contributed by atoms with Crippen LogP contribution in [-0.2, 0) is 9.59 Å². The molecule has 0 heterocycles. The summed E-state index contributed by atoms with van der Waals surface area (Å²) in [7, 11) is 0. The molecule has 0 aromatic rings. The van der Waals surface area contributed by atoms with Gasteiger partial charge in [-0.1, -0.05) is 0 Å². The van der Waals surface area contributed by atoms with Gasteiger partial charge in [0.05, 0.1) is 4.92 Å². The highest BCUT2D eigenvalue weighted by Gasteiger charge is 2.38. The summed E-state index contributed by atoms with van der Waals surface area (Å²) in [5.74, 6) is -1.76. The fourth-order valence-corrected chi connectivity index (χ4v) is 1.38. The number of hydrogen-bond donors (Lipinski definition) is 2. The second-order valence-electron chi connectivity index (χ2n) is 3.38. The van der Waals surface area contributed by atoms with Gasteiger partial charge in [-0.25, -0.2) is 4.79 Å². The van der Waals surface area contributed by atoms with Crippen LogP contribution in [0.4, 0.5) is 0 Å². The summed E-state index contributed by atoms with van der Waals surface area (Å²) in [6, 6.07) is 0. The largest absolute Gasteiger partial charge is 0.479 e. The Labute approximate surface area is 90.6 Å². The molecule has 0 saturated heterocycles. The summed E-state index contributed by atoms with van der Waals surface area (Å²) in [5, 5.41) is 21.7. The molecule has 86 valence electrons. The van der Waals surface area contributed by atoms with Gasteiger partial charge in [0.15, 0.2) is 5.54 Å². The number of carbonyl (C=O) groups excluding carboxylic acids is 1. The first-order chi connectivity index (χ1) is 7.37. The SMILES string of the molecule is CC(=O)NC1(C(=O)O)C=CC([N+](=O)[O-])=CC1. The molecule has 0 aromatic carbocycles. The Hall–Kier alpha value is -2.18. The molecule has 7 heteroatoms. The zero-order valence-corrected chi connectivity index (χ0v) is 8.47. The minimum Gasteiger partial charge on any atom is -0.479 e. The summed E-state index contributed by atoms with van der Waals surface area (Å²) in [6.07, 6.45) is 3.22. The van der Waals surface area contributed by atoms with Gasteiger partial charge >= 0.3 is 5.97 Å². The van der Waals surface area contributed by atoms with E-state index in [0.717, 1.165) is 12.2 Å². The van der Waals surface area contributed by atoms with E-state index in [-0.39, 0.29) is 12.1 Å². The first kappa shape index (κ1) is 11.9. The molecule has 0 fully saturated rings. The van der Waals surface area contributed by atoms with Gasteiger partial charge in [0, 0.05) is 19.4 Å². The third kappa shape index (κ3) is 2.25. The second kappa shape index (κ2) is 4.13. The van der Waals surface area contributed by atoms with E-state index < -0.39 is 22.3 Å². The van der Waals surface area contributed by atoms with E-state index >= 15 is 0 Å². The monoisotopic (exact) mass is 226 g/mol. The van der Waals surface area contributed by atoms with Crippen LogP contribution in [0.2, 0.25) is 0 Å². The highest BCUT2D eigenvalue weighted by molar-refractivity contribution is 5.88. The predicted octanol–water partition coefficient (Wildman–Crippen LogP) is 0.0664. The van der Waals surface area contributed by atoms with Crippen LogP contribution in [-0.4, -0.2) is 27.4 Å². The number of nitro groups is 1.